The van der Waals surface area contributed by atoms with Crippen molar-refractivity contribution in [2.24, 2.45) is 0 Å². The summed E-state index contributed by atoms with van der Waals surface area (Å²) in [5.74, 6) is -1.38. The van der Waals surface area contributed by atoms with Crippen LogP contribution in [0.15, 0.2) is 48.7 Å². The van der Waals surface area contributed by atoms with Gasteiger partial charge in [-0.25, -0.2) is 14.6 Å². The molecule has 0 aliphatic carbocycles. The van der Waals surface area contributed by atoms with E-state index in [0.29, 0.717) is 5.75 Å². The minimum atomic E-state index is -1.05. The number of carboxylic acids is 2. The first-order chi connectivity index (χ1) is 10.0. The lowest BCUT2D eigenvalue weighted by Gasteiger charge is -2.00. The van der Waals surface area contributed by atoms with Gasteiger partial charge in [0.1, 0.15) is 17.1 Å². The normalized spacial score (nSPS) is 9.14. The molecule has 0 radical (unpaired) electrons. The molecule has 1 heterocycles. The first kappa shape index (κ1) is 16.0. The zero-order valence-corrected chi connectivity index (χ0v) is 11.0. The number of hydrogen-bond acceptors (Lipinski definition) is 5. The quantitative estimate of drug-likeness (QED) is 0.779. The van der Waals surface area contributed by atoms with Crippen molar-refractivity contribution in [2.75, 3.05) is 12.3 Å². The number of carbonyl (C=O) groups is 2. The third-order valence-corrected chi connectivity index (χ3v) is 2.17. The van der Waals surface area contributed by atoms with E-state index in [1.54, 1.807) is 24.3 Å². The Morgan fingerprint density at radius 3 is 2.24 bits per heavy atom. The van der Waals surface area contributed by atoms with E-state index in [0.717, 1.165) is 0 Å². The summed E-state index contributed by atoms with van der Waals surface area (Å²) in [5.41, 5.74) is 5.27. The number of anilines is 1. The number of aromatic carboxylic acids is 1. The summed E-state index contributed by atoms with van der Waals surface area (Å²) in [4.78, 5) is 23.9. The van der Waals surface area contributed by atoms with Crippen molar-refractivity contribution in [3.8, 4) is 5.75 Å². The first-order valence-electron chi connectivity index (χ1n) is 5.84. The van der Waals surface area contributed by atoms with Gasteiger partial charge < -0.3 is 20.7 Å². The Morgan fingerprint density at radius 1 is 1.10 bits per heavy atom. The van der Waals surface area contributed by atoms with E-state index in [1.807, 2.05) is 6.07 Å². The van der Waals surface area contributed by atoms with Gasteiger partial charge in [0, 0.05) is 6.20 Å². The Hall–Kier alpha value is -3.09. The summed E-state index contributed by atoms with van der Waals surface area (Å²) in [6.07, 6.45) is 1.45. The number of benzene rings is 1. The summed E-state index contributed by atoms with van der Waals surface area (Å²) in [7, 11) is 0. The molecule has 1 aromatic heterocycles. The number of nitrogen functional groups attached to an aromatic ring is 1. The molecule has 0 amide bonds. The fraction of sp³-hybridized carbons (Fsp3) is 0.0714. The largest absolute Gasteiger partial charge is 0.482 e. The van der Waals surface area contributed by atoms with Gasteiger partial charge in [-0.2, -0.15) is 0 Å². The van der Waals surface area contributed by atoms with Crippen LogP contribution in [0.3, 0.4) is 0 Å². The molecule has 110 valence electrons. The predicted octanol–water partition coefficient (Wildman–Crippen LogP) is 1.51. The molecule has 7 nitrogen and oxygen atoms in total. The predicted molar refractivity (Wildman–Crippen MR) is 75.2 cm³/mol. The van der Waals surface area contributed by atoms with Gasteiger partial charge in [-0.3, -0.25) is 0 Å². The van der Waals surface area contributed by atoms with Gasteiger partial charge in [-0.1, -0.05) is 18.2 Å². The van der Waals surface area contributed by atoms with Crippen molar-refractivity contribution in [3.63, 3.8) is 0 Å². The molecule has 0 saturated carbocycles. The number of aromatic nitrogens is 1. The van der Waals surface area contributed by atoms with Crippen LogP contribution in [0.25, 0.3) is 0 Å². The Balaban J connectivity index is 0.000000211. The summed E-state index contributed by atoms with van der Waals surface area (Å²) in [6.45, 7) is -0.288. The van der Waals surface area contributed by atoms with Crippen molar-refractivity contribution in [1.29, 1.82) is 0 Å². The van der Waals surface area contributed by atoms with E-state index in [4.69, 9.17) is 20.7 Å². The van der Waals surface area contributed by atoms with Crippen LogP contribution in [0.1, 0.15) is 10.4 Å². The Kier molecular flexibility index (Phi) is 6.20. The van der Waals surface area contributed by atoms with E-state index in [2.05, 4.69) is 4.98 Å². The topological polar surface area (TPSA) is 123 Å². The molecule has 0 saturated heterocycles. The Morgan fingerprint density at radius 2 is 1.76 bits per heavy atom. The zero-order chi connectivity index (χ0) is 15.7. The minimum absolute atomic E-state index is 0.0440. The lowest BCUT2D eigenvalue weighted by Crippen LogP contribution is -2.09. The molecule has 0 unspecified atom stereocenters. The van der Waals surface area contributed by atoms with Crippen LogP contribution >= 0.6 is 0 Å². The van der Waals surface area contributed by atoms with Crippen LogP contribution in [0, 0.1) is 0 Å². The molecule has 0 bridgehead atoms. The number of rotatable bonds is 4. The molecule has 1 aromatic carbocycles. The maximum absolute atomic E-state index is 10.3. The SMILES string of the molecule is Nc1ncccc1C(=O)O.O=C(O)COc1ccccc1. The molecular weight excluding hydrogens is 276 g/mol. The summed E-state index contributed by atoms with van der Waals surface area (Å²) in [5, 5.41) is 16.7. The van der Waals surface area contributed by atoms with E-state index in [9.17, 15) is 9.59 Å². The third kappa shape index (κ3) is 6.06. The zero-order valence-electron chi connectivity index (χ0n) is 11.0. The monoisotopic (exact) mass is 290 g/mol. The molecule has 0 aliphatic rings. The van der Waals surface area contributed by atoms with Crippen molar-refractivity contribution in [1.82, 2.24) is 4.98 Å². The van der Waals surface area contributed by atoms with Crippen LogP contribution < -0.4 is 10.5 Å². The van der Waals surface area contributed by atoms with Crippen molar-refractivity contribution in [2.45, 2.75) is 0 Å². The molecule has 2 aromatic rings. The summed E-state index contributed by atoms with van der Waals surface area (Å²) >= 11 is 0. The number of nitrogens with two attached hydrogens (primary N) is 1. The maximum Gasteiger partial charge on any atom is 0.341 e. The summed E-state index contributed by atoms with van der Waals surface area (Å²) < 4.78 is 4.87. The van der Waals surface area contributed by atoms with Gasteiger partial charge in [0.2, 0.25) is 0 Å². The molecule has 0 fully saturated rings. The molecule has 7 heteroatoms. The first-order valence-corrected chi connectivity index (χ1v) is 5.84. The highest BCUT2D eigenvalue weighted by Crippen LogP contribution is 2.07. The summed E-state index contributed by atoms with van der Waals surface area (Å²) in [6, 6.07) is 11.8. The van der Waals surface area contributed by atoms with Gasteiger partial charge >= 0.3 is 11.9 Å². The average molecular weight is 290 g/mol. The standard InChI is InChI=1S/C8H8O3.C6H6N2O2/c9-8(10)6-11-7-4-2-1-3-5-7;7-5-4(6(9)10)2-1-3-8-5/h1-5H,6H2,(H,9,10);1-3H,(H2,7,8)(H,9,10). The van der Waals surface area contributed by atoms with E-state index in [-0.39, 0.29) is 18.0 Å². The Bertz CT molecular complexity index is 601. The molecule has 21 heavy (non-hydrogen) atoms. The fourth-order valence-corrected chi connectivity index (χ4v) is 1.26. The van der Waals surface area contributed by atoms with Gasteiger partial charge in [-0.15, -0.1) is 0 Å². The van der Waals surface area contributed by atoms with Crippen LogP contribution in [-0.2, 0) is 4.79 Å². The van der Waals surface area contributed by atoms with Crippen LogP contribution in [0.5, 0.6) is 5.75 Å². The fourth-order valence-electron chi connectivity index (χ4n) is 1.26. The molecule has 2 rings (SSSR count). The van der Waals surface area contributed by atoms with Crippen molar-refractivity contribution < 1.29 is 24.5 Å². The Labute approximate surface area is 120 Å². The second kappa shape index (κ2) is 8.16. The number of para-hydroxylation sites is 1. The van der Waals surface area contributed by atoms with Gasteiger partial charge in [-0.05, 0) is 24.3 Å². The molecule has 0 atom stereocenters. The average Bonchev–Trinajstić information content (AvgIpc) is 2.47. The van der Waals surface area contributed by atoms with Crippen LogP contribution in [-0.4, -0.2) is 33.7 Å². The lowest BCUT2D eigenvalue weighted by atomic mass is 10.3. The number of ether oxygens (including phenoxy) is 1. The smallest absolute Gasteiger partial charge is 0.341 e. The number of nitrogens with zero attached hydrogens (tertiary/aromatic N) is 1. The highest BCUT2D eigenvalue weighted by atomic mass is 16.5. The number of hydrogen-bond donors (Lipinski definition) is 3. The number of aliphatic carboxylic acids is 1. The van der Waals surface area contributed by atoms with Crippen LogP contribution in [0.2, 0.25) is 0 Å². The van der Waals surface area contributed by atoms with Crippen LogP contribution in [0.4, 0.5) is 5.82 Å². The number of pyridine rings is 1. The second-order valence-corrected chi connectivity index (χ2v) is 3.74. The van der Waals surface area contributed by atoms with E-state index in [1.165, 1.54) is 18.3 Å². The van der Waals surface area contributed by atoms with E-state index < -0.39 is 11.9 Å². The van der Waals surface area contributed by atoms with Gasteiger partial charge in [0.15, 0.2) is 6.61 Å². The highest BCUT2D eigenvalue weighted by molar-refractivity contribution is 5.92. The minimum Gasteiger partial charge on any atom is -0.482 e. The molecule has 0 aliphatic heterocycles. The van der Waals surface area contributed by atoms with Crippen molar-refractivity contribution in [3.05, 3.63) is 54.2 Å². The van der Waals surface area contributed by atoms with Gasteiger partial charge in [0.05, 0.1) is 0 Å². The highest BCUT2D eigenvalue weighted by Gasteiger charge is 2.05. The molecular formula is C14H14N2O5. The van der Waals surface area contributed by atoms with Gasteiger partial charge in [0.25, 0.3) is 0 Å². The lowest BCUT2D eigenvalue weighted by molar-refractivity contribution is -0.139. The maximum atomic E-state index is 10.3. The van der Waals surface area contributed by atoms with E-state index >= 15 is 0 Å². The molecule has 0 spiro atoms. The third-order valence-electron chi connectivity index (χ3n) is 2.17. The van der Waals surface area contributed by atoms with Crippen molar-refractivity contribution >= 4 is 17.8 Å². The number of carboxylic acid groups (broad SMARTS) is 2. The second-order valence-electron chi connectivity index (χ2n) is 3.74. The molecule has 4 N–H and O–H groups in total.